The number of hydrogen-bond donors (Lipinski definition) is 1. The van der Waals surface area contributed by atoms with Gasteiger partial charge in [0.15, 0.2) is 0 Å². The van der Waals surface area contributed by atoms with Gasteiger partial charge in [0.1, 0.15) is 0 Å². The Morgan fingerprint density at radius 3 is 2.00 bits per heavy atom. The maximum atomic E-state index is 9.37. The van der Waals surface area contributed by atoms with E-state index in [0.29, 0.717) is 0 Å². The molecule has 0 spiro atoms. The normalized spacial score (nSPS) is 5.50. The van der Waals surface area contributed by atoms with Crippen molar-refractivity contribution in [1.82, 2.24) is 0 Å². The van der Waals surface area contributed by atoms with Crippen LogP contribution in [0.5, 0.6) is 0 Å². The summed E-state index contributed by atoms with van der Waals surface area (Å²) in [6.07, 6.45) is -0.745. The minimum Gasteiger partial charge on any atom is -0.453 e. The van der Waals surface area contributed by atoms with Crippen molar-refractivity contribution < 1.29 is 9.53 Å². The van der Waals surface area contributed by atoms with Crippen LogP contribution in [0.3, 0.4) is 0 Å². The first-order valence-corrected chi connectivity index (χ1v) is 1.11. The third-order valence-electron chi connectivity index (χ3n) is 0.201. The quantitative estimate of drug-likeness (QED) is 0.408. The van der Waals surface area contributed by atoms with Gasteiger partial charge in [0.05, 0.1) is 7.11 Å². The van der Waals surface area contributed by atoms with Gasteiger partial charge in [-0.2, -0.15) is 0 Å². The van der Waals surface area contributed by atoms with Gasteiger partial charge in [-0.3, -0.25) is 0 Å². The molecular weight excluding hydrogens is 93.0 g/mol. The third kappa shape index (κ3) is 8.86. The Morgan fingerprint density at radius 1 is 1.83 bits per heavy atom. The number of ether oxygens (including phenoxy) is 1. The molecule has 4 heteroatoms. The average Bonchev–Trinajstić information content (AvgIpc) is 1.38. The molecule has 0 aromatic heterocycles. The Labute approximate surface area is 58.1 Å². The Bertz CT molecular complexity index is 46.8. The molecule has 0 fully saturated rings. The van der Waals surface area contributed by atoms with Gasteiger partial charge in [-0.1, -0.05) is 0 Å². The molecule has 0 rings (SSSR count). The van der Waals surface area contributed by atoms with Crippen LogP contribution in [0.1, 0.15) is 0 Å². The number of amides is 1. The van der Waals surface area contributed by atoms with Crippen molar-refractivity contribution in [1.29, 1.82) is 0 Å². The summed E-state index contributed by atoms with van der Waals surface area (Å²) in [5.74, 6) is 0. The first-order chi connectivity index (χ1) is 2.27. The van der Waals surface area contributed by atoms with E-state index in [1.165, 1.54) is 7.11 Å². The Morgan fingerprint density at radius 2 is 2.00 bits per heavy atom. The van der Waals surface area contributed by atoms with Gasteiger partial charge in [-0.15, -0.1) is 0 Å². The molecule has 3 nitrogen and oxygen atoms in total. The zero-order chi connectivity index (χ0) is 4.28. The maximum Gasteiger partial charge on any atom is 0.404 e. The van der Waals surface area contributed by atoms with E-state index in [1.807, 2.05) is 0 Å². The van der Waals surface area contributed by atoms with Crippen molar-refractivity contribution in [3.8, 4) is 0 Å². The van der Waals surface area contributed by atoms with Crippen LogP contribution < -0.4 is 5.73 Å². The number of hydrogen-bond acceptors (Lipinski definition) is 2. The van der Waals surface area contributed by atoms with Crippen molar-refractivity contribution in [2.24, 2.45) is 5.73 Å². The van der Waals surface area contributed by atoms with E-state index >= 15 is 0 Å². The second kappa shape index (κ2) is 5.27. The Hall–Kier alpha value is 0.270. The molecule has 0 atom stereocenters. The van der Waals surface area contributed by atoms with Crippen molar-refractivity contribution in [2.45, 2.75) is 0 Å². The van der Waals surface area contributed by atoms with Crippen LogP contribution in [0.15, 0.2) is 0 Å². The molecule has 1 amide bonds. The van der Waals surface area contributed by atoms with E-state index in [4.69, 9.17) is 0 Å². The smallest absolute Gasteiger partial charge is 0.404 e. The predicted molar refractivity (Wildman–Crippen MR) is 22.3 cm³/mol. The van der Waals surface area contributed by atoms with Gasteiger partial charge in [0, 0.05) is 29.6 Å². The number of carbonyl (C=O) groups excluding carboxylic acids is 1. The molecule has 0 saturated heterocycles. The predicted octanol–water partition coefficient (Wildman–Crippen LogP) is -0.669. The van der Waals surface area contributed by atoms with Gasteiger partial charge in [0.25, 0.3) is 0 Å². The standard InChI is InChI=1S/C2H5NO2.Na/c1-5-2(3)4;/h1H3,(H2,3,4);. The molecule has 0 saturated carbocycles. The summed E-state index contributed by atoms with van der Waals surface area (Å²) >= 11 is 0. The van der Waals surface area contributed by atoms with E-state index in [9.17, 15) is 4.79 Å². The molecule has 0 aliphatic carbocycles. The molecular formula is C2H5NNaO2. The first kappa shape index (κ1) is 9.55. The van der Waals surface area contributed by atoms with Crippen molar-refractivity contribution in [2.75, 3.05) is 7.11 Å². The summed E-state index contributed by atoms with van der Waals surface area (Å²) in [7, 11) is 1.22. The van der Waals surface area contributed by atoms with Crippen molar-refractivity contribution >= 4 is 35.7 Å². The fraction of sp³-hybridized carbons (Fsp3) is 0.500. The van der Waals surface area contributed by atoms with E-state index in [-0.39, 0.29) is 29.6 Å². The SMILES string of the molecule is COC(N)=O.[Na]. The number of primary amides is 1. The van der Waals surface area contributed by atoms with Crippen LogP contribution in [-0.4, -0.2) is 42.8 Å². The molecule has 1 radical (unpaired) electrons. The van der Waals surface area contributed by atoms with E-state index in [0.717, 1.165) is 0 Å². The fourth-order valence-corrected chi connectivity index (χ4v) is 0. The van der Waals surface area contributed by atoms with E-state index in [1.54, 1.807) is 0 Å². The van der Waals surface area contributed by atoms with E-state index in [2.05, 4.69) is 10.5 Å². The largest absolute Gasteiger partial charge is 0.453 e. The molecule has 0 aromatic carbocycles. The summed E-state index contributed by atoms with van der Waals surface area (Å²) in [6, 6.07) is 0. The van der Waals surface area contributed by atoms with Crippen LogP contribution >= 0.6 is 0 Å². The third-order valence-corrected chi connectivity index (χ3v) is 0.201. The van der Waals surface area contributed by atoms with Crippen molar-refractivity contribution in [3.05, 3.63) is 0 Å². The summed E-state index contributed by atoms with van der Waals surface area (Å²) in [5, 5.41) is 0. The van der Waals surface area contributed by atoms with Gasteiger partial charge >= 0.3 is 6.09 Å². The Balaban J connectivity index is 0. The number of nitrogens with two attached hydrogens (primary N) is 1. The molecule has 0 aliphatic heterocycles. The molecule has 0 aromatic rings. The van der Waals surface area contributed by atoms with Crippen LogP contribution in [-0.2, 0) is 4.74 Å². The molecule has 2 N–H and O–H groups in total. The van der Waals surface area contributed by atoms with Crippen LogP contribution in [0, 0.1) is 0 Å². The van der Waals surface area contributed by atoms with Crippen molar-refractivity contribution in [3.63, 3.8) is 0 Å². The summed E-state index contributed by atoms with van der Waals surface area (Å²) < 4.78 is 3.89. The monoisotopic (exact) mass is 98.0 g/mol. The molecule has 0 heterocycles. The molecule has 0 aliphatic rings. The number of rotatable bonds is 0. The molecule has 0 bridgehead atoms. The number of carbonyl (C=O) groups is 1. The zero-order valence-corrected chi connectivity index (χ0v) is 5.89. The molecule has 6 heavy (non-hydrogen) atoms. The minimum absolute atomic E-state index is 0. The molecule has 31 valence electrons. The van der Waals surface area contributed by atoms with Crippen LogP contribution in [0.2, 0.25) is 0 Å². The Kier molecular flexibility index (Phi) is 8.39. The van der Waals surface area contributed by atoms with Gasteiger partial charge < -0.3 is 10.5 Å². The van der Waals surface area contributed by atoms with E-state index < -0.39 is 6.09 Å². The minimum atomic E-state index is -0.745. The fourth-order valence-electron chi connectivity index (χ4n) is 0. The second-order valence-corrected chi connectivity index (χ2v) is 0.523. The van der Waals surface area contributed by atoms with Gasteiger partial charge in [0.2, 0.25) is 0 Å². The van der Waals surface area contributed by atoms with Gasteiger partial charge in [-0.05, 0) is 0 Å². The number of methoxy groups -OCH3 is 1. The second-order valence-electron chi connectivity index (χ2n) is 0.523. The van der Waals surface area contributed by atoms with Gasteiger partial charge in [-0.25, -0.2) is 4.79 Å². The zero-order valence-electron chi connectivity index (χ0n) is 3.89. The summed E-state index contributed by atoms with van der Waals surface area (Å²) in [5.41, 5.74) is 4.43. The molecule has 0 unspecified atom stereocenters. The summed E-state index contributed by atoms with van der Waals surface area (Å²) in [4.78, 5) is 9.37. The maximum absolute atomic E-state index is 9.37. The topological polar surface area (TPSA) is 52.3 Å². The first-order valence-electron chi connectivity index (χ1n) is 1.11. The summed E-state index contributed by atoms with van der Waals surface area (Å²) in [6.45, 7) is 0. The average molecular weight is 98.1 g/mol. The van der Waals surface area contributed by atoms with Crippen LogP contribution in [0.4, 0.5) is 4.79 Å². The van der Waals surface area contributed by atoms with Crippen LogP contribution in [0.25, 0.3) is 0 Å².